The zero-order chi connectivity index (χ0) is 22.5. The number of carbonyl (C=O) groups is 3. The zero-order valence-electron chi connectivity index (χ0n) is 18.0. The first kappa shape index (κ1) is 22.1. The standard InChI is InChI=1S/C24H26N2O5/c1-15(2)30-23(28)21-16(3)26(14-18-8-6-5-7-9-18)24(29)25-22(21)19-10-12-20(13-11-19)31-17(4)27/h5-13,15,22H,14H2,1-4H3,(H,25,29). The van der Waals surface area contributed by atoms with Crippen molar-refractivity contribution >= 4 is 18.0 Å². The van der Waals surface area contributed by atoms with E-state index < -0.39 is 18.0 Å². The summed E-state index contributed by atoms with van der Waals surface area (Å²) in [4.78, 5) is 38.6. The summed E-state index contributed by atoms with van der Waals surface area (Å²) in [6, 6.07) is 15.2. The van der Waals surface area contributed by atoms with Crippen molar-refractivity contribution in [2.45, 2.75) is 46.4 Å². The van der Waals surface area contributed by atoms with Crippen molar-refractivity contribution in [1.29, 1.82) is 0 Å². The zero-order valence-corrected chi connectivity index (χ0v) is 18.0. The highest BCUT2D eigenvalue weighted by atomic mass is 16.5. The first-order chi connectivity index (χ1) is 14.8. The lowest BCUT2D eigenvalue weighted by molar-refractivity contribution is -0.143. The van der Waals surface area contributed by atoms with Gasteiger partial charge in [0.15, 0.2) is 0 Å². The van der Waals surface area contributed by atoms with Crippen molar-refractivity contribution in [2.24, 2.45) is 0 Å². The van der Waals surface area contributed by atoms with Crippen LogP contribution in [0.2, 0.25) is 0 Å². The molecule has 2 aromatic rings. The van der Waals surface area contributed by atoms with Crippen LogP contribution in [0.5, 0.6) is 5.75 Å². The van der Waals surface area contributed by atoms with E-state index in [-0.39, 0.29) is 12.1 Å². The van der Waals surface area contributed by atoms with Crippen LogP contribution >= 0.6 is 0 Å². The van der Waals surface area contributed by atoms with Crippen LogP contribution in [-0.2, 0) is 20.9 Å². The molecule has 1 aliphatic heterocycles. The van der Waals surface area contributed by atoms with E-state index in [9.17, 15) is 14.4 Å². The van der Waals surface area contributed by atoms with Crippen molar-refractivity contribution < 1.29 is 23.9 Å². The van der Waals surface area contributed by atoms with Gasteiger partial charge in [-0.3, -0.25) is 9.69 Å². The highest BCUT2D eigenvalue weighted by molar-refractivity contribution is 5.95. The Morgan fingerprint density at radius 1 is 1.06 bits per heavy atom. The molecule has 0 aromatic heterocycles. The molecule has 31 heavy (non-hydrogen) atoms. The summed E-state index contributed by atoms with van der Waals surface area (Å²) in [6.07, 6.45) is -0.306. The number of hydrogen-bond donors (Lipinski definition) is 1. The van der Waals surface area contributed by atoms with Gasteiger partial charge < -0.3 is 14.8 Å². The van der Waals surface area contributed by atoms with E-state index in [2.05, 4.69) is 5.32 Å². The van der Waals surface area contributed by atoms with Crippen molar-refractivity contribution in [2.75, 3.05) is 0 Å². The van der Waals surface area contributed by atoms with E-state index in [4.69, 9.17) is 9.47 Å². The van der Waals surface area contributed by atoms with Gasteiger partial charge >= 0.3 is 18.0 Å². The van der Waals surface area contributed by atoms with Gasteiger partial charge in [-0.25, -0.2) is 9.59 Å². The second-order valence-corrected chi connectivity index (χ2v) is 7.57. The third-order valence-corrected chi connectivity index (χ3v) is 4.82. The number of nitrogens with zero attached hydrogens (tertiary/aromatic N) is 1. The molecule has 0 aliphatic carbocycles. The molecular formula is C24H26N2O5. The van der Waals surface area contributed by atoms with E-state index in [0.29, 0.717) is 29.1 Å². The Morgan fingerprint density at radius 3 is 2.29 bits per heavy atom. The van der Waals surface area contributed by atoms with Gasteiger partial charge in [0.25, 0.3) is 0 Å². The van der Waals surface area contributed by atoms with Crippen LogP contribution in [0.25, 0.3) is 0 Å². The van der Waals surface area contributed by atoms with Gasteiger partial charge in [-0.05, 0) is 44.0 Å². The number of nitrogens with one attached hydrogen (secondary N) is 1. The smallest absolute Gasteiger partial charge is 0.338 e. The second-order valence-electron chi connectivity index (χ2n) is 7.57. The van der Waals surface area contributed by atoms with Crippen LogP contribution in [0.1, 0.15) is 44.9 Å². The number of benzene rings is 2. The summed E-state index contributed by atoms with van der Waals surface area (Å²) in [6.45, 7) is 6.95. The van der Waals surface area contributed by atoms with E-state index in [1.165, 1.54) is 11.8 Å². The monoisotopic (exact) mass is 422 g/mol. The minimum atomic E-state index is -0.683. The lowest BCUT2D eigenvalue weighted by atomic mass is 9.94. The average molecular weight is 422 g/mol. The molecule has 1 atom stereocenters. The fraction of sp³-hybridized carbons (Fsp3) is 0.292. The maximum absolute atomic E-state index is 13.0. The van der Waals surface area contributed by atoms with Gasteiger partial charge in [-0.15, -0.1) is 0 Å². The molecule has 1 aliphatic rings. The molecule has 2 aromatic carbocycles. The van der Waals surface area contributed by atoms with Crippen LogP contribution < -0.4 is 10.1 Å². The van der Waals surface area contributed by atoms with Crippen LogP contribution in [-0.4, -0.2) is 29.0 Å². The fourth-order valence-electron chi connectivity index (χ4n) is 3.42. The van der Waals surface area contributed by atoms with Gasteiger partial charge in [0.1, 0.15) is 5.75 Å². The number of ether oxygens (including phenoxy) is 2. The molecule has 0 fully saturated rings. The maximum atomic E-state index is 13.0. The molecule has 1 heterocycles. The first-order valence-corrected chi connectivity index (χ1v) is 10.1. The molecule has 1 N–H and O–H groups in total. The van der Waals surface area contributed by atoms with E-state index in [0.717, 1.165) is 5.56 Å². The lowest BCUT2D eigenvalue weighted by Gasteiger charge is -2.35. The fourth-order valence-corrected chi connectivity index (χ4v) is 3.42. The molecule has 7 nitrogen and oxygen atoms in total. The summed E-state index contributed by atoms with van der Waals surface area (Å²) in [5.74, 6) is -0.525. The minimum Gasteiger partial charge on any atom is -0.459 e. The summed E-state index contributed by atoms with van der Waals surface area (Å²) in [7, 11) is 0. The van der Waals surface area contributed by atoms with Crippen LogP contribution in [0, 0.1) is 0 Å². The van der Waals surface area contributed by atoms with Crippen molar-refractivity contribution in [3.8, 4) is 5.75 Å². The van der Waals surface area contributed by atoms with Gasteiger partial charge in [0.2, 0.25) is 0 Å². The molecule has 1 unspecified atom stereocenters. The topological polar surface area (TPSA) is 84.9 Å². The molecule has 7 heteroatoms. The quantitative estimate of drug-likeness (QED) is 0.560. The number of allylic oxidation sites excluding steroid dienone is 1. The molecule has 3 rings (SSSR count). The number of esters is 2. The highest BCUT2D eigenvalue weighted by Gasteiger charge is 2.36. The number of amides is 2. The van der Waals surface area contributed by atoms with E-state index >= 15 is 0 Å². The SMILES string of the molecule is CC(=O)Oc1ccc(C2NC(=O)N(Cc3ccccc3)C(C)=C2C(=O)OC(C)C)cc1. The maximum Gasteiger partial charge on any atom is 0.338 e. The molecule has 0 saturated heterocycles. The Bertz CT molecular complexity index is 996. The van der Waals surface area contributed by atoms with Gasteiger partial charge in [0.05, 0.1) is 24.3 Å². The summed E-state index contributed by atoms with van der Waals surface area (Å²) < 4.78 is 10.5. The predicted octanol–water partition coefficient (Wildman–Crippen LogP) is 4.10. The summed E-state index contributed by atoms with van der Waals surface area (Å²) in [5, 5.41) is 2.92. The van der Waals surface area contributed by atoms with Crippen LogP contribution in [0.3, 0.4) is 0 Å². The first-order valence-electron chi connectivity index (χ1n) is 10.1. The number of rotatable bonds is 6. The Hall–Kier alpha value is -3.61. The Kier molecular flexibility index (Phi) is 6.74. The highest BCUT2D eigenvalue weighted by Crippen LogP contribution is 2.33. The summed E-state index contributed by atoms with van der Waals surface area (Å²) >= 11 is 0. The van der Waals surface area contributed by atoms with Gasteiger partial charge in [-0.2, -0.15) is 0 Å². The van der Waals surface area contributed by atoms with Crippen molar-refractivity contribution in [3.63, 3.8) is 0 Å². The predicted molar refractivity (Wildman–Crippen MR) is 115 cm³/mol. The molecule has 0 radical (unpaired) electrons. The molecule has 0 spiro atoms. The number of carbonyl (C=O) groups excluding carboxylic acids is 3. The third-order valence-electron chi connectivity index (χ3n) is 4.82. The van der Waals surface area contributed by atoms with Crippen molar-refractivity contribution in [3.05, 3.63) is 77.0 Å². The summed E-state index contributed by atoms with van der Waals surface area (Å²) in [5.41, 5.74) is 2.52. The Morgan fingerprint density at radius 2 is 1.71 bits per heavy atom. The molecule has 162 valence electrons. The van der Waals surface area contributed by atoms with Crippen LogP contribution in [0.15, 0.2) is 65.9 Å². The molecular weight excluding hydrogens is 396 g/mol. The van der Waals surface area contributed by atoms with Crippen molar-refractivity contribution in [1.82, 2.24) is 10.2 Å². The third kappa shape index (κ3) is 5.31. The lowest BCUT2D eigenvalue weighted by Crippen LogP contribution is -2.47. The molecule has 0 saturated carbocycles. The normalized spacial score (nSPS) is 16.2. The van der Waals surface area contributed by atoms with E-state index in [1.54, 1.807) is 45.0 Å². The molecule has 2 amide bonds. The minimum absolute atomic E-state index is 0.306. The van der Waals surface area contributed by atoms with Gasteiger partial charge in [0, 0.05) is 12.6 Å². The second kappa shape index (κ2) is 9.47. The average Bonchev–Trinajstić information content (AvgIpc) is 2.71. The molecule has 0 bridgehead atoms. The largest absolute Gasteiger partial charge is 0.459 e. The Labute approximate surface area is 181 Å². The Balaban J connectivity index is 1.99. The van der Waals surface area contributed by atoms with Crippen LogP contribution in [0.4, 0.5) is 4.79 Å². The number of hydrogen-bond acceptors (Lipinski definition) is 5. The van der Waals surface area contributed by atoms with E-state index in [1.807, 2.05) is 30.3 Å². The number of urea groups is 1. The van der Waals surface area contributed by atoms with Gasteiger partial charge in [-0.1, -0.05) is 42.5 Å².